The van der Waals surface area contributed by atoms with Crippen molar-refractivity contribution in [3.8, 4) is 0 Å². The third-order valence-electron chi connectivity index (χ3n) is 0.932. The van der Waals surface area contributed by atoms with E-state index in [9.17, 15) is 5.21 Å². The van der Waals surface area contributed by atoms with Gasteiger partial charge in [0.05, 0.1) is 5.60 Å². The molecule has 0 aromatic heterocycles. The van der Waals surface area contributed by atoms with Gasteiger partial charge in [0.2, 0.25) is 0 Å². The largest absolute Gasteiger partial charge is 0.738 e. The molecule has 0 amide bonds. The summed E-state index contributed by atoms with van der Waals surface area (Å²) in [6, 6.07) is 0. The van der Waals surface area contributed by atoms with Crippen molar-refractivity contribution in [2.75, 3.05) is 6.54 Å². The van der Waals surface area contributed by atoms with Gasteiger partial charge in [0.25, 0.3) is 0 Å². The van der Waals surface area contributed by atoms with Gasteiger partial charge in [-0.05, 0) is 20.8 Å². The number of hydrogen-bond acceptors (Lipinski definition) is 5. The zero-order chi connectivity index (χ0) is 8.48. The lowest BCUT2D eigenvalue weighted by molar-refractivity contribution is -0.377. The predicted molar refractivity (Wildman–Crippen MR) is 38.9 cm³/mol. The average Bonchev–Trinajstić information content (AvgIpc) is 2.42. The second-order valence-electron chi connectivity index (χ2n) is 3.43. The third kappa shape index (κ3) is 4.28. The quantitative estimate of drug-likeness (QED) is 0.478. The first kappa shape index (κ1) is 8.89. The molecule has 1 rings (SSSR count). The molecular formula is C6H13N2O3-. The molecule has 0 aliphatic carbocycles. The second kappa shape index (κ2) is 3.04. The zero-order valence-electron chi connectivity index (χ0n) is 6.96. The maximum Gasteiger partial charge on any atom is 0.144 e. The molecule has 1 unspecified atom stereocenters. The number of nitrogens with zero attached hydrogens (tertiary/aromatic N) is 1. The Kier molecular flexibility index (Phi) is 2.46. The van der Waals surface area contributed by atoms with E-state index in [1.165, 1.54) is 0 Å². The van der Waals surface area contributed by atoms with Gasteiger partial charge < -0.3 is 5.21 Å². The van der Waals surface area contributed by atoms with Gasteiger partial charge in [0, 0.05) is 6.54 Å². The Morgan fingerprint density at radius 1 is 1.55 bits per heavy atom. The monoisotopic (exact) mass is 161 g/mol. The molecule has 1 heterocycles. The highest BCUT2D eigenvalue weighted by molar-refractivity contribution is 4.71. The Hall–Kier alpha value is -0.200. The molecule has 0 saturated carbocycles. The number of nitrogens with one attached hydrogen (secondary N) is 1. The zero-order valence-corrected chi connectivity index (χ0v) is 6.96. The van der Waals surface area contributed by atoms with Crippen LogP contribution in [0.3, 0.4) is 0 Å². The van der Waals surface area contributed by atoms with Crippen molar-refractivity contribution in [1.29, 1.82) is 0 Å². The van der Waals surface area contributed by atoms with Crippen molar-refractivity contribution >= 4 is 0 Å². The Morgan fingerprint density at radius 2 is 2.09 bits per heavy atom. The fourth-order valence-electron chi connectivity index (χ4n) is 0.472. The van der Waals surface area contributed by atoms with Gasteiger partial charge in [-0.1, -0.05) is 0 Å². The number of hydrogen-bond donors (Lipinski definition) is 1. The third-order valence-corrected chi connectivity index (χ3v) is 0.932. The molecular weight excluding hydrogens is 148 g/mol. The predicted octanol–water partition coefficient (Wildman–Crippen LogP) is 0.377. The molecule has 0 radical (unpaired) electrons. The molecule has 1 fully saturated rings. The van der Waals surface area contributed by atoms with Crippen LogP contribution in [0.1, 0.15) is 20.8 Å². The van der Waals surface area contributed by atoms with Crippen LogP contribution in [0.25, 0.3) is 0 Å². The highest BCUT2D eigenvalue weighted by atomic mass is 17.1. The lowest BCUT2D eigenvalue weighted by Gasteiger charge is -2.32. The van der Waals surface area contributed by atoms with Gasteiger partial charge in [-0.2, -0.15) is 0 Å². The molecule has 1 saturated heterocycles. The van der Waals surface area contributed by atoms with E-state index >= 15 is 0 Å². The maximum absolute atomic E-state index is 10.7. The van der Waals surface area contributed by atoms with Gasteiger partial charge in [-0.3, -0.25) is 15.0 Å². The fraction of sp³-hybridized carbons (Fsp3) is 1.00. The summed E-state index contributed by atoms with van der Waals surface area (Å²) < 4.78 is 0. The minimum atomic E-state index is -0.503. The van der Waals surface area contributed by atoms with Crippen LogP contribution in [0.2, 0.25) is 0 Å². The Morgan fingerprint density at radius 3 is 2.45 bits per heavy atom. The standard InChI is InChI=1S/C6H13N2O3/c1-6(2,3)11-8(9)10-5-4-7-5/h5,7H,4H2,1-3H3/q-1. The van der Waals surface area contributed by atoms with Gasteiger partial charge in [-0.15, -0.1) is 5.39 Å². The molecule has 1 atom stereocenters. The van der Waals surface area contributed by atoms with Gasteiger partial charge in [-0.25, -0.2) is 0 Å². The molecule has 1 aliphatic heterocycles. The highest BCUT2D eigenvalue weighted by Crippen LogP contribution is 2.11. The van der Waals surface area contributed by atoms with Crippen LogP contribution in [-0.4, -0.2) is 23.8 Å². The molecule has 11 heavy (non-hydrogen) atoms. The van der Waals surface area contributed by atoms with E-state index in [-0.39, 0.29) is 11.6 Å². The lowest BCUT2D eigenvalue weighted by Crippen LogP contribution is -2.31. The van der Waals surface area contributed by atoms with Crippen molar-refractivity contribution in [3.63, 3.8) is 0 Å². The van der Waals surface area contributed by atoms with Crippen molar-refractivity contribution in [2.45, 2.75) is 32.6 Å². The number of rotatable bonds is 3. The van der Waals surface area contributed by atoms with Crippen LogP contribution in [0, 0.1) is 5.21 Å². The van der Waals surface area contributed by atoms with Gasteiger partial charge in [0.15, 0.2) is 0 Å². The lowest BCUT2D eigenvalue weighted by atomic mass is 10.2. The van der Waals surface area contributed by atoms with Crippen LogP contribution < -0.4 is 5.32 Å². The van der Waals surface area contributed by atoms with Crippen LogP contribution in [0.4, 0.5) is 0 Å². The maximum atomic E-state index is 10.7. The highest BCUT2D eigenvalue weighted by Gasteiger charge is 2.23. The summed E-state index contributed by atoms with van der Waals surface area (Å²) in [5, 5.41) is 13.7. The van der Waals surface area contributed by atoms with Crippen LogP contribution >= 0.6 is 0 Å². The van der Waals surface area contributed by atoms with E-state index in [1.54, 1.807) is 20.8 Å². The van der Waals surface area contributed by atoms with Crippen LogP contribution in [0.15, 0.2) is 0 Å². The summed E-state index contributed by atoms with van der Waals surface area (Å²) >= 11 is 0. The summed E-state index contributed by atoms with van der Waals surface area (Å²) in [6.07, 6.45) is -0.158. The van der Waals surface area contributed by atoms with Gasteiger partial charge >= 0.3 is 0 Å². The minimum absolute atomic E-state index is 0.157. The summed E-state index contributed by atoms with van der Waals surface area (Å²) in [5.41, 5.74) is -0.503. The van der Waals surface area contributed by atoms with Crippen LogP contribution in [0.5, 0.6) is 0 Å². The molecule has 1 N–H and O–H groups in total. The first-order chi connectivity index (χ1) is 4.97. The molecule has 66 valence electrons. The Balaban J connectivity index is 2.13. The molecule has 0 aromatic rings. The van der Waals surface area contributed by atoms with E-state index in [1.807, 2.05) is 0 Å². The van der Waals surface area contributed by atoms with Crippen molar-refractivity contribution in [1.82, 2.24) is 10.7 Å². The van der Waals surface area contributed by atoms with E-state index in [0.717, 1.165) is 0 Å². The summed E-state index contributed by atoms with van der Waals surface area (Å²) in [5.74, 6) is 0. The van der Waals surface area contributed by atoms with Gasteiger partial charge in [0.1, 0.15) is 6.23 Å². The summed E-state index contributed by atoms with van der Waals surface area (Å²) in [7, 11) is 0. The van der Waals surface area contributed by atoms with Crippen LogP contribution in [-0.2, 0) is 9.68 Å². The smallest absolute Gasteiger partial charge is 0.144 e. The SMILES string of the molecule is CC(C)(C)ON([O-])OC1CN1. The first-order valence-corrected chi connectivity index (χ1v) is 3.54. The Labute approximate surface area is 65.8 Å². The first-order valence-electron chi connectivity index (χ1n) is 3.54. The molecule has 1 aliphatic rings. The normalized spacial score (nSPS) is 24.3. The fourth-order valence-corrected chi connectivity index (χ4v) is 0.472. The Bertz CT molecular complexity index is 130. The summed E-state index contributed by atoms with van der Waals surface area (Å²) in [6.45, 7) is 6.05. The molecule has 0 spiro atoms. The average molecular weight is 161 g/mol. The van der Waals surface area contributed by atoms with Crippen molar-refractivity contribution < 1.29 is 9.68 Å². The molecule has 0 aromatic carbocycles. The molecule has 5 heteroatoms. The van der Waals surface area contributed by atoms with E-state index < -0.39 is 5.60 Å². The molecule has 5 nitrogen and oxygen atoms in total. The topological polar surface area (TPSA) is 66.7 Å². The van der Waals surface area contributed by atoms with Crippen molar-refractivity contribution in [3.05, 3.63) is 5.21 Å². The summed E-state index contributed by atoms with van der Waals surface area (Å²) in [4.78, 5) is 9.49. The molecule has 0 bridgehead atoms. The van der Waals surface area contributed by atoms with E-state index in [0.29, 0.717) is 6.54 Å². The van der Waals surface area contributed by atoms with E-state index in [2.05, 4.69) is 10.2 Å². The second-order valence-corrected chi connectivity index (χ2v) is 3.43. The minimum Gasteiger partial charge on any atom is -0.738 e. The van der Waals surface area contributed by atoms with Crippen molar-refractivity contribution in [2.24, 2.45) is 0 Å². The van der Waals surface area contributed by atoms with E-state index in [4.69, 9.17) is 4.84 Å².